The molecule has 4 aromatic rings. The third kappa shape index (κ3) is 3.08. The van der Waals surface area contributed by atoms with Crippen LogP contribution in [-0.2, 0) is 6.54 Å². The van der Waals surface area contributed by atoms with Crippen molar-refractivity contribution in [1.82, 2.24) is 14.9 Å². The Bertz CT molecular complexity index is 1180. The van der Waals surface area contributed by atoms with E-state index in [1.165, 1.54) is 4.68 Å². The predicted octanol–water partition coefficient (Wildman–Crippen LogP) is 4.07. The predicted molar refractivity (Wildman–Crippen MR) is 103 cm³/mol. The van der Waals surface area contributed by atoms with Gasteiger partial charge in [0.25, 0.3) is 5.56 Å². The third-order valence-corrected chi connectivity index (χ3v) is 4.61. The zero-order valence-electron chi connectivity index (χ0n) is 14.8. The largest absolute Gasteiger partial charge is 0.496 e. The zero-order valence-corrected chi connectivity index (χ0v) is 15.5. The van der Waals surface area contributed by atoms with Crippen LogP contribution in [0.15, 0.2) is 57.8 Å². The lowest BCUT2D eigenvalue weighted by molar-refractivity contribution is 0.415. The first-order chi connectivity index (χ1) is 13.1. The van der Waals surface area contributed by atoms with Crippen LogP contribution in [0.5, 0.6) is 5.75 Å². The van der Waals surface area contributed by atoms with E-state index in [0.29, 0.717) is 39.7 Å². The molecule has 0 saturated carbocycles. The fourth-order valence-corrected chi connectivity index (χ4v) is 3.14. The van der Waals surface area contributed by atoms with Gasteiger partial charge in [-0.05, 0) is 36.8 Å². The average molecular weight is 382 g/mol. The van der Waals surface area contributed by atoms with Crippen molar-refractivity contribution in [1.29, 1.82) is 0 Å². The van der Waals surface area contributed by atoms with Crippen molar-refractivity contribution in [3.8, 4) is 17.0 Å². The van der Waals surface area contributed by atoms with E-state index in [9.17, 15) is 4.79 Å². The van der Waals surface area contributed by atoms with Crippen LogP contribution in [0.4, 0.5) is 0 Å². The second-order valence-electron chi connectivity index (χ2n) is 6.11. The van der Waals surface area contributed by atoms with Crippen molar-refractivity contribution in [2.45, 2.75) is 13.5 Å². The van der Waals surface area contributed by atoms with Gasteiger partial charge in [0.1, 0.15) is 16.8 Å². The minimum Gasteiger partial charge on any atom is -0.496 e. The molecule has 0 amide bonds. The first kappa shape index (κ1) is 17.3. The molecule has 0 N–H and O–H groups in total. The number of aromatic nitrogens is 3. The van der Waals surface area contributed by atoms with Gasteiger partial charge in [0.15, 0.2) is 0 Å². The molecule has 6 nitrogen and oxygen atoms in total. The Morgan fingerprint density at radius 3 is 2.63 bits per heavy atom. The van der Waals surface area contributed by atoms with Gasteiger partial charge < -0.3 is 9.26 Å². The number of fused-ring (bicyclic) bond motifs is 1. The fourth-order valence-electron chi connectivity index (χ4n) is 3.01. The summed E-state index contributed by atoms with van der Waals surface area (Å²) in [6.45, 7) is 2.05. The van der Waals surface area contributed by atoms with Crippen LogP contribution in [0.1, 0.15) is 11.3 Å². The maximum absolute atomic E-state index is 13.0. The van der Waals surface area contributed by atoms with Gasteiger partial charge in [-0.1, -0.05) is 41.0 Å². The van der Waals surface area contributed by atoms with Gasteiger partial charge in [0.05, 0.1) is 19.3 Å². The summed E-state index contributed by atoms with van der Waals surface area (Å²) >= 11 is 5.95. The molecule has 2 heterocycles. The summed E-state index contributed by atoms with van der Waals surface area (Å²) in [4.78, 5) is 13.0. The second-order valence-corrected chi connectivity index (χ2v) is 6.55. The van der Waals surface area contributed by atoms with Crippen molar-refractivity contribution < 1.29 is 9.26 Å². The minimum atomic E-state index is -0.252. The number of rotatable bonds is 4. The highest BCUT2D eigenvalue weighted by atomic mass is 35.5. The number of hydrogen-bond donors (Lipinski definition) is 0. The van der Waals surface area contributed by atoms with Gasteiger partial charge >= 0.3 is 0 Å². The maximum atomic E-state index is 13.0. The molecule has 0 unspecified atom stereocenters. The molecule has 136 valence electrons. The molecule has 0 aliphatic rings. The number of para-hydroxylation sites is 1. The van der Waals surface area contributed by atoms with E-state index in [0.717, 1.165) is 11.1 Å². The molecular formula is C20H16ClN3O3. The summed E-state index contributed by atoms with van der Waals surface area (Å²) in [5.41, 5.74) is 2.78. The monoisotopic (exact) mass is 381 g/mol. The molecule has 0 fully saturated rings. The highest BCUT2D eigenvalue weighted by molar-refractivity contribution is 6.30. The number of hydrogen-bond acceptors (Lipinski definition) is 5. The highest BCUT2D eigenvalue weighted by Crippen LogP contribution is 2.32. The van der Waals surface area contributed by atoms with Gasteiger partial charge in [-0.25, -0.2) is 4.68 Å². The SMILES string of the molecule is COc1ccccc1-c1nn(Cc2ccc(Cl)cc2)c(=O)c2c(C)noc12. The van der Waals surface area contributed by atoms with E-state index < -0.39 is 0 Å². The van der Waals surface area contributed by atoms with Gasteiger partial charge in [0.2, 0.25) is 5.58 Å². The lowest BCUT2D eigenvalue weighted by Gasteiger charge is -2.11. The van der Waals surface area contributed by atoms with E-state index in [1.807, 2.05) is 36.4 Å². The molecule has 0 aliphatic carbocycles. The third-order valence-electron chi connectivity index (χ3n) is 4.35. The normalized spacial score (nSPS) is 11.1. The van der Waals surface area contributed by atoms with Crippen LogP contribution in [0.3, 0.4) is 0 Å². The molecule has 0 saturated heterocycles. The molecular weight excluding hydrogens is 366 g/mol. The van der Waals surface area contributed by atoms with Crippen LogP contribution in [-0.4, -0.2) is 22.0 Å². The number of benzene rings is 2. The molecule has 27 heavy (non-hydrogen) atoms. The smallest absolute Gasteiger partial charge is 0.280 e. The Morgan fingerprint density at radius 1 is 1.15 bits per heavy atom. The van der Waals surface area contributed by atoms with Crippen molar-refractivity contribution in [2.75, 3.05) is 7.11 Å². The van der Waals surface area contributed by atoms with Crippen molar-refractivity contribution in [3.63, 3.8) is 0 Å². The van der Waals surface area contributed by atoms with E-state index in [-0.39, 0.29) is 5.56 Å². The number of halogens is 1. The molecule has 0 atom stereocenters. The second kappa shape index (κ2) is 6.89. The van der Waals surface area contributed by atoms with Crippen LogP contribution in [0, 0.1) is 6.92 Å². The summed E-state index contributed by atoms with van der Waals surface area (Å²) in [7, 11) is 1.59. The highest BCUT2D eigenvalue weighted by Gasteiger charge is 2.21. The van der Waals surface area contributed by atoms with Gasteiger partial charge in [-0.15, -0.1) is 0 Å². The van der Waals surface area contributed by atoms with Crippen LogP contribution in [0.2, 0.25) is 5.02 Å². The van der Waals surface area contributed by atoms with Crippen molar-refractivity contribution >= 4 is 22.6 Å². The molecule has 2 aromatic heterocycles. The molecule has 4 rings (SSSR count). The minimum absolute atomic E-state index is 0.252. The Hall–Kier alpha value is -3.12. The van der Waals surface area contributed by atoms with Crippen molar-refractivity contribution in [3.05, 3.63) is 75.2 Å². The van der Waals surface area contributed by atoms with E-state index in [2.05, 4.69) is 10.3 Å². The summed E-state index contributed by atoms with van der Waals surface area (Å²) < 4.78 is 12.3. The molecule has 7 heteroatoms. The lowest BCUT2D eigenvalue weighted by Crippen LogP contribution is -2.24. The van der Waals surface area contributed by atoms with Gasteiger partial charge in [0, 0.05) is 10.6 Å². The molecule has 0 aliphatic heterocycles. The van der Waals surface area contributed by atoms with E-state index in [1.54, 1.807) is 26.2 Å². The first-order valence-corrected chi connectivity index (χ1v) is 8.71. The Balaban J connectivity index is 1.95. The average Bonchev–Trinajstić information content (AvgIpc) is 3.08. The summed E-state index contributed by atoms with van der Waals surface area (Å²) in [6, 6.07) is 14.8. The topological polar surface area (TPSA) is 70.2 Å². The summed E-state index contributed by atoms with van der Waals surface area (Å²) in [5.74, 6) is 0.636. The molecule has 0 bridgehead atoms. The van der Waals surface area contributed by atoms with Crippen LogP contribution >= 0.6 is 11.6 Å². The fraction of sp³-hybridized carbons (Fsp3) is 0.150. The molecule has 0 radical (unpaired) electrons. The first-order valence-electron chi connectivity index (χ1n) is 8.33. The number of aryl methyl sites for hydroxylation is 1. The quantitative estimate of drug-likeness (QED) is 0.533. The number of ether oxygens (including phenoxy) is 1. The maximum Gasteiger partial charge on any atom is 0.280 e. The Labute approximate surface area is 159 Å². The van der Waals surface area contributed by atoms with E-state index in [4.69, 9.17) is 20.9 Å². The number of methoxy groups -OCH3 is 1. The van der Waals surface area contributed by atoms with Crippen molar-refractivity contribution in [2.24, 2.45) is 0 Å². The standard InChI is InChI=1S/C20H16ClN3O3/c1-12-17-19(27-23-12)18(15-5-3-4-6-16(15)26-2)22-24(20(17)25)11-13-7-9-14(21)10-8-13/h3-10H,11H2,1-2H3. The number of nitrogens with zero attached hydrogens (tertiary/aromatic N) is 3. The van der Waals surface area contributed by atoms with Crippen LogP contribution in [0.25, 0.3) is 22.2 Å². The van der Waals surface area contributed by atoms with E-state index >= 15 is 0 Å². The lowest BCUT2D eigenvalue weighted by atomic mass is 10.1. The summed E-state index contributed by atoms with van der Waals surface area (Å²) in [6.07, 6.45) is 0. The van der Waals surface area contributed by atoms with Gasteiger partial charge in [-0.3, -0.25) is 4.79 Å². The zero-order chi connectivity index (χ0) is 19.0. The Morgan fingerprint density at radius 2 is 1.89 bits per heavy atom. The van der Waals surface area contributed by atoms with Gasteiger partial charge in [-0.2, -0.15) is 5.10 Å². The molecule has 0 spiro atoms. The Kier molecular flexibility index (Phi) is 4.41. The van der Waals surface area contributed by atoms with Crippen LogP contribution < -0.4 is 10.3 Å². The summed E-state index contributed by atoms with van der Waals surface area (Å²) in [5, 5.41) is 9.59. The molecule has 2 aromatic carbocycles.